The van der Waals surface area contributed by atoms with E-state index in [4.69, 9.17) is 9.47 Å². The van der Waals surface area contributed by atoms with E-state index >= 15 is 0 Å². The van der Waals surface area contributed by atoms with Gasteiger partial charge in [-0.05, 0) is 26.8 Å². The van der Waals surface area contributed by atoms with Crippen molar-refractivity contribution in [2.75, 3.05) is 13.7 Å². The summed E-state index contributed by atoms with van der Waals surface area (Å²) in [5.74, 6) is -1.23. The Hall–Kier alpha value is -1.82. The van der Waals surface area contributed by atoms with Gasteiger partial charge in [-0.2, -0.15) is 0 Å². The molecule has 0 saturated heterocycles. The highest BCUT2D eigenvalue weighted by atomic mass is 19.1. The van der Waals surface area contributed by atoms with Crippen LogP contribution in [0.3, 0.4) is 0 Å². The average molecular weight is 286 g/mol. The number of halogens is 1. The fourth-order valence-electron chi connectivity index (χ4n) is 1.61. The van der Waals surface area contributed by atoms with Gasteiger partial charge in [0.25, 0.3) is 0 Å². The predicted octanol–water partition coefficient (Wildman–Crippen LogP) is 2.22. The highest BCUT2D eigenvalue weighted by molar-refractivity contribution is 5.76. The zero-order valence-electron chi connectivity index (χ0n) is 12.0. The van der Waals surface area contributed by atoms with Gasteiger partial charge in [0.1, 0.15) is 5.82 Å². The van der Waals surface area contributed by atoms with Crippen LogP contribution in [0.1, 0.15) is 32.4 Å². The number of carbonyl (C=O) groups excluding carboxylic acids is 1. The number of methoxy groups -OCH3 is 1. The van der Waals surface area contributed by atoms with E-state index < -0.39 is 17.9 Å². The van der Waals surface area contributed by atoms with Gasteiger partial charge in [-0.25, -0.2) is 9.18 Å². The van der Waals surface area contributed by atoms with E-state index in [1.54, 1.807) is 20.8 Å². The molecule has 0 heterocycles. The van der Waals surface area contributed by atoms with Crippen LogP contribution in [0.2, 0.25) is 0 Å². The summed E-state index contributed by atoms with van der Waals surface area (Å²) < 4.78 is 29.0. The Balaban J connectivity index is 3.16. The van der Waals surface area contributed by atoms with Crippen LogP contribution in [0, 0.1) is 5.82 Å². The lowest BCUT2D eigenvalue weighted by atomic mass is 10.1. The van der Waals surface area contributed by atoms with Crippen LogP contribution < -0.4 is 9.47 Å². The third kappa shape index (κ3) is 3.84. The van der Waals surface area contributed by atoms with Gasteiger partial charge >= 0.3 is 5.97 Å². The number of hydrogen-bond donors (Lipinski definition) is 1. The first-order chi connectivity index (χ1) is 9.40. The zero-order valence-corrected chi connectivity index (χ0v) is 12.0. The standard InChI is InChI=1S/C14H19FO5/c1-5-19-14(17)13(16)9-6-12(20-8(2)3)11(18-4)7-10(9)15/h6-8,13,16H,5H2,1-4H3. The van der Waals surface area contributed by atoms with Gasteiger partial charge in [0, 0.05) is 11.6 Å². The van der Waals surface area contributed by atoms with Crippen LogP contribution in [-0.4, -0.2) is 30.9 Å². The quantitative estimate of drug-likeness (QED) is 0.812. The first kappa shape index (κ1) is 16.2. The second-order valence-corrected chi connectivity index (χ2v) is 4.35. The smallest absolute Gasteiger partial charge is 0.339 e. The minimum Gasteiger partial charge on any atom is -0.493 e. The van der Waals surface area contributed by atoms with E-state index in [9.17, 15) is 14.3 Å². The van der Waals surface area contributed by atoms with Gasteiger partial charge in [-0.1, -0.05) is 0 Å². The SMILES string of the molecule is CCOC(=O)C(O)c1cc(OC(C)C)c(OC)cc1F. The topological polar surface area (TPSA) is 65.0 Å². The molecule has 6 heteroatoms. The molecule has 0 amide bonds. The molecule has 0 aliphatic carbocycles. The molecular formula is C14H19FO5. The number of benzene rings is 1. The summed E-state index contributed by atoms with van der Waals surface area (Å²) in [4.78, 5) is 11.5. The number of hydrogen-bond acceptors (Lipinski definition) is 5. The fraction of sp³-hybridized carbons (Fsp3) is 0.500. The zero-order chi connectivity index (χ0) is 15.3. The van der Waals surface area contributed by atoms with E-state index in [0.717, 1.165) is 6.07 Å². The molecule has 0 spiro atoms. The lowest BCUT2D eigenvalue weighted by molar-refractivity contribution is -0.153. The third-order valence-corrected chi connectivity index (χ3v) is 2.45. The van der Waals surface area contributed by atoms with Crippen molar-refractivity contribution in [1.29, 1.82) is 0 Å². The van der Waals surface area contributed by atoms with Crippen LogP contribution in [0.15, 0.2) is 12.1 Å². The summed E-state index contributed by atoms with van der Waals surface area (Å²) in [6.45, 7) is 5.29. The fourth-order valence-corrected chi connectivity index (χ4v) is 1.61. The molecule has 0 fully saturated rings. The second-order valence-electron chi connectivity index (χ2n) is 4.35. The number of aliphatic hydroxyl groups is 1. The molecule has 20 heavy (non-hydrogen) atoms. The predicted molar refractivity (Wildman–Crippen MR) is 70.3 cm³/mol. The Labute approximate surface area is 117 Å². The Morgan fingerprint density at radius 1 is 1.35 bits per heavy atom. The molecule has 112 valence electrons. The normalized spacial score (nSPS) is 12.2. The Bertz CT molecular complexity index is 473. The van der Waals surface area contributed by atoms with Gasteiger partial charge in [-0.3, -0.25) is 0 Å². The maximum atomic E-state index is 13.9. The number of ether oxygens (including phenoxy) is 3. The van der Waals surface area contributed by atoms with Gasteiger partial charge in [0.15, 0.2) is 17.6 Å². The van der Waals surface area contributed by atoms with Crippen molar-refractivity contribution in [3.05, 3.63) is 23.5 Å². The van der Waals surface area contributed by atoms with Gasteiger partial charge in [-0.15, -0.1) is 0 Å². The number of rotatable bonds is 6. The van der Waals surface area contributed by atoms with E-state index in [1.807, 2.05) is 0 Å². The van der Waals surface area contributed by atoms with Crippen molar-refractivity contribution >= 4 is 5.97 Å². The van der Waals surface area contributed by atoms with Crippen molar-refractivity contribution < 1.29 is 28.5 Å². The monoisotopic (exact) mass is 286 g/mol. The van der Waals surface area contributed by atoms with Gasteiger partial charge in [0.2, 0.25) is 0 Å². The summed E-state index contributed by atoms with van der Waals surface area (Å²) in [6.07, 6.45) is -1.86. The van der Waals surface area contributed by atoms with Crippen molar-refractivity contribution in [2.45, 2.75) is 33.0 Å². The summed E-state index contributed by atoms with van der Waals surface area (Å²) >= 11 is 0. The maximum Gasteiger partial charge on any atom is 0.339 e. The molecule has 1 N–H and O–H groups in total. The molecule has 1 atom stereocenters. The Morgan fingerprint density at radius 2 is 2.00 bits per heavy atom. The van der Waals surface area contributed by atoms with Gasteiger partial charge < -0.3 is 19.3 Å². The summed E-state index contributed by atoms with van der Waals surface area (Å²) in [7, 11) is 1.38. The maximum absolute atomic E-state index is 13.9. The van der Waals surface area contributed by atoms with E-state index in [1.165, 1.54) is 13.2 Å². The molecule has 0 aliphatic heterocycles. The molecule has 1 aromatic rings. The molecule has 0 aromatic heterocycles. The molecule has 0 aliphatic rings. The lowest BCUT2D eigenvalue weighted by Crippen LogP contribution is -2.17. The van der Waals surface area contributed by atoms with Crippen LogP contribution in [-0.2, 0) is 9.53 Å². The van der Waals surface area contributed by atoms with Crippen molar-refractivity contribution in [2.24, 2.45) is 0 Å². The Morgan fingerprint density at radius 3 is 2.50 bits per heavy atom. The molecular weight excluding hydrogens is 267 g/mol. The lowest BCUT2D eigenvalue weighted by Gasteiger charge is -2.17. The largest absolute Gasteiger partial charge is 0.493 e. The molecule has 0 saturated carbocycles. The summed E-state index contributed by atoms with van der Waals surface area (Å²) in [6, 6.07) is 2.31. The van der Waals surface area contributed by atoms with E-state index in [0.29, 0.717) is 0 Å². The molecule has 1 aromatic carbocycles. The minimum absolute atomic E-state index is 0.100. The van der Waals surface area contributed by atoms with E-state index in [2.05, 4.69) is 4.74 Å². The first-order valence-electron chi connectivity index (χ1n) is 6.29. The number of aliphatic hydroxyl groups excluding tert-OH is 1. The van der Waals surface area contributed by atoms with Crippen molar-refractivity contribution in [3.8, 4) is 11.5 Å². The van der Waals surface area contributed by atoms with Crippen LogP contribution in [0.5, 0.6) is 11.5 Å². The van der Waals surface area contributed by atoms with Crippen LogP contribution in [0.25, 0.3) is 0 Å². The number of esters is 1. The van der Waals surface area contributed by atoms with Crippen molar-refractivity contribution in [3.63, 3.8) is 0 Å². The summed E-state index contributed by atoms with van der Waals surface area (Å²) in [5.41, 5.74) is -0.208. The molecule has 1 rings (SSSR count). The van der Waals surface area contributed by atoms with Crippen molar-refractivity contribution in [1.82, 2.24) is 0 Å². The highest BCUT2D eigenvalue weighted by Crippen LogP contribution is 2.33. The molecule has 0 radical (unpaired) electrons. The van der Waals surface area contributed by atoms with E-state index in [-0.39, 0.29) is 29.8 Å². The Kier molecular flexibility index (Phi) is 5.76. The second kappa shape index (κ2) is 7.09. The summed E-state index contributed by atoms with van der Waals surface area (Å²) in [5, 5.41) is 9.81. The minimum atomic E-state index is -1.70. The molecule has 1 unspecified atom stereocenters. The van der Waals surface area contributed by atoms with Gasteiger partial charge in [0.05, 0.1) is 19.8 Å². The van der Waals surface area contributed by atoms with Crippen LogP contribution >= 0.6 is 0 Å². The third-order valence-electron chi connectivity index (χ3n) is 2.45. The van der Waals surface area contributed by atoms with Crippen LogP contribution in [0.4, 0.5) is 4.39 Å². The molecule has 0 bridgehead atoms. The highest BCUT2D eigenvalue weighted by Gasteiger charge is 2.25. The first-order valence-corrected chi connectivity index (χ1v) is 6.29. The average Bonchev–Trinajstić information content (AvgIpc) is 2.39. The number of carbonyl (C=O) groups is 1. The molecule has 5 nitrogen and oxygen atoms in total.